The van der Waals surface area contributed by atoms with E-state index in [4.69, 9.17) is 11.6 Å². The van der Waals surface area contributed by atoms with Crippen LogP contribution in [0.3, 0.4) is 0 Å². The van der Waals surface area contributed by atoms with Gasteiger partial charge in [0.15, 0.2) is 0 Å². The van der Waals surface area contributed by atoms with E-state index in [1.807, 2.05) is 0 Å². The Morgan fingerprint density at radius 3 is 2.83 bits per heavy atom. The number of nitro groups is 1. The van der Waals surface area contributed by atoms with Crippen LogP contribution < -0.4 is 5.56 Å². The van der Waals surface area contributed by atoms with E-state index in [0.717, 1.165) is 0 Å². The van der Waals surface area contributed by atoms with Gasteiger partial charge in [-0.25, -0.2) is 4.98 Å². The van der Waals surface area contributed by atoms with Gasteiger partial charge in [0.25, 0.3) is 11.2 Å². The summed E-state index contributed by atoms with van der Waals surface area (Å²) < 4.78 is 1.28. The lowest BCUT2D eigenvalue weighted by molar-refractivity contribution is -0.385. The molecule has 92 valence electrons. The first-order valence-corrected chi connectivity index (χ1v) is 5.39. The summed E-state index contributed by atoms with van der Waals surface area (Å²) in [6.07, 6.45) is 2.69. The molecule has 0 amide bonds. The van der Waals surface area contributed by atoms with Gasteiger partial charge in [0, 0.05) is 23.4 Å². The molecule has 6 nitrogen and oxygen atoms in total. The van der Waals surface area contributed by atoms with Gasteiger partial charge in [-0.15, -0.1) is 0 Å². The predicted molar refractivity (Wildman–Crippen MR) is 65.7 cm³/mol. The maximum absolute atomic E-state index is 11.5. The van der Waals surface area contributed by atoms with Crippen LogP contribution in [-0.4, -0.2) is 14.5 Å². The van der Waals surface area contributed by atoms with Crippen LogP contribution in [0.25, 0.3) is 0 Å². The van der Waals surface area contributed by atoms with Crippen molar-refractivity contribution in [2.45, 2.75) is 6.54 Å². The number of halogens is 1. The van der Waals surface area contributed by atoms with Gasteiger partial charge >= 0.3 is 0 Å². The van der Waals surface area contributed by atoms with Gasteiger partial charge in [0.2, 0.25) is 0 Å². The van der Waals surface area contributed by atoms with E-state index in [0.29, 0.717) is 10.6 Å². The Morgan fingerprint density at radius 1 is 1.39 bits per heavy atom. The molecule has 0 aliphatic rings. The van der Waals surface area contributed by atoms with Gasteiger partial charge in [0.05, 0.1) is 23.4 Å². The number of hydrogen-bond acceptors (Lipinski definition) is 4. The van der Waals surface area contributed by atoms with Gasteiger partial charge in [-0.3, -0.25) is 19.5 Å². The highest BCUT2D eigenvalue weighted by molar-refractivity contribution is 6.30. The first-order valence-electron chi connectivity index (χ1n) is 5.01. The van der Waals surface area contributed by atoms with Crippen LogP contribution in [0.4, 0.5) is 5.69 Å². The van der Waals surface area contributed by atoms with Crippen molar-refractivity contribution in [2.24, 2.45) is 0 Å². The summed E-state index contributed by atoms with van der Waals surface area (Å²) in [5, 5.41) is 11.2. The van der Waals surface area contributed by atoms with E-state index in [1.165, 1.54) is 41.4 Å². The molecule has 0 unspecified atom stereocenters. The summed E-state index contributed by atoms with van der Waals surface area (Å²) >= 11 is 5.80. The average Bonchev–Trinajstić information content (AvgIpc) is 2.32. The Bertz CT molecular complexity index is 654. The topological polar surface area (TPSA) is 78.0 Å². The lowest BCUT2D eigenvalue weighted by atomic mass is 10.2. The second-order valence-electron chi connectivity index (χ2n) is 3.58. The van der Waals surface area contributed by atoms with Gasteiger partial charge < -0.3 is 0 Å². The Hall–Kier alpha value is -2.21. The van der Waals surface area contributed by atoms with Crippen LogP contribution in [0.1, 0.15) is 5.56 Å². The molecule has 0 radical (unpaired) electrons. The molecule has 0 fully saturated rings. The maximum Gasteiger partial charge on any atom is 0.274 e. The number of nitrogens with zero attached hydrogens (tertiary/aromatic N) is 3. The molecule has 0 saturated carbocycles. The number of benzene rings is 1. The monoisotopic (exact) mass is 265 g/mol. The molecular formula is C11H8ClN3O3. The van der Waals surface area contributed by atoms with Gasteiger partial charge in [-0.2, -0.15) is 0 Å². The quantitative estimate of drug-likeness (QED) is 0.627. The summed E-state index contributed by atoms with van der Waals surface area (Å²) in [7, 11) is 0. The highest BCUT2D eigenvalue weighted by Gasteiger charge is 2.14. The zero-order valence-electron chi connectivity index (χ0n) is 9.12. The van der Waals surface area contributed by atoms with Crippen molar-refractivity contribution in [2.75, 3.05) is 0 Å². The highest BCUT2D eigenvalue weighted by Crippen LogP contribution is 2.23. The van der Waals surface area contributed by atoms with Crippen LogP contribution in [0.2, 0.25) is 5.02 Å². The van der Waals surface area contributed by atoms with Crippen molar-refractivity contribution < 1.29 is 4.92 Å². The fourth-order valence-corrected chi connectivity index (χ4v) is 1.73. The van der Waals surface area contributed by atoms with E-state index >= 15 is 0 Å². The molecule has 2 rings (SSSR count). The Morgan fingerprint density at radius 2 is 2.17 bits per heavy atom. The summed E-state index contributed by atoms with van der Waals surface area (Å²) in [4.78, 5) is 25.7. The molecule has 0 N–H and O–H groups in total. The lowest BCUT2D eigenvalue weighted by Gasteiger charge is -2.05. The molecule has 0 bridgehead atoms. The van der Waals surface area contributed by atoms with Gasteiger partial charge in [0.1, 0.15) is 0 Å². The normalized spacial score (nSPS) is 10.3. The lowest BCUT2D eigenvalue weighted by Crippen LogP contribution is -2.19. The first kappa shape index (κ1) is 12.3. The largest absolute Gasteiger partial charge is 0.295 e. The molecule has 0 atom stereocenters. The number of rotatable bonds is 3. The molecule has 1 heterocycles. The summed E-state index contributed by atoms with van der Waals surface area (Å²) in [5.74, 6) is 0. The van der Waals surface area contributed by atoms with Crippen molar-refractivity contribution in [1.82, 2.24) is 9.55 Å². The predicted octanol–water partition coefficient (Wildman–Crippen LogP) is 1.85. The zero-order chi connectivity index (χ0) is 13.1. The third-order valence-corrected chi connectivity index (χ3v) is 2.61. The smallest absolute Gasteiger partial charge is 0.274 e. The molecule has 1 aromatic heterocycles. The third-order valence-electron chi connectivity index (χ3n) is 2.37. The fourth-order valence-electron chi connectivity index (χ4n) is 1.54. The molecule has 0 spiro atoms. The van der Waals surface area contributed by atoms with Crippen molar-refractivity contribution in [3.63, 3.8) is 0 Å². The molecule has 18 heavy (non-hydrogen) atoms. The van der Waals surface area contributed by atoms with Crippen LogP contribution in [0.15, 0.2) is 41.6 Å². The molecule has 2 aromatic rings. The Balaban J connectivity index is 2.46. The molecule has 0 saturated heterocycles. The molecule has 1 aromatic carbocycles. The second kappa shape index (κ2) is 4.97. The fraction of sp³-hybridized carbons (Fsp3) is 0.0909. The van der Waals surface area contributed by atoms with Gasteiger partial charge in [-0.1, -0.05) is 11.6 Å². The summed E-state index contributed by atoms with van der Waals surface area (Å²) in [6.45, 7) is 0.0591. The molecule has 0 aliphatic carbocycles. The van der Waals surface area contributed by atoms with Gasteiger partial charge in [-0.05, 0) is 12.1 Å². The molecule has 0 aliphatic heterocycles. The number of nitro benzene ring substituents is 1. The Kier molecular flexibility index (Phi) is 3.38. The van der Waals surface area contributed by atoms with E-state index in [1.54, 1.807) is 0 Å². The maximum atomic E-state index is 11.5. The van der Waals surface area contributed by atoms with Crippen LogP contribution in [-0.2, 0) is 6.54 Å². The minimum absolute atomic E-state index is 0.0591. The van der Waals surface area contributed by atoms with Crippen LogP contribution >= 0.6 is 11.6 Å². The minimum Gasteiger partial charge on any atom is -0.295 e. The van der Waals surface area contributed by atoms with Crippen molar-refractivity contribution in [3.8, 4) is 0 Å². The van der Waals surface area contributed by atoms with Crippen molar-refractivity contribution in [1.29, 1.82) is 0 Å². The minimum atomic E-state index is -0.507. The second-order valence-corrected chi connectivity index (χ2v) is 4.01. The van der Waals surface area contributed by atoms with E-state index in [2.05, 4.69) is 4.98 Å². The van der Waals surface area contributed by atoms with E-state index in [9.17, 15) is 14.9 Å². The van der Waals surface area contributed by atoms with E-state index in [-0.39, 0.29) is 17.8 Å². The third kappa shape index (κ3) is 2.54. The Labute approximate surface area is 107 Å². The van der Waals surface area contributed by atoms with Crippen LogP contribution in [0, 0.1) is 10.1 Å². The molecular weight excluding hydrogens is 258 g/mol. The summed E-state index contributed by atoms with van der Waals surface area (Å²) in [6, 6.07) is 5.52. The van der Waals surface area contributed by atoms with Crippen molar-refractivity contribution >= 4 is 17.3 Å². The summed E-state index contributed by atoms with van der Waals surface area (Å²) in [5.41, 5.74) is 0.0111. The molecule has 7 heteroatoms. The zero-order valence-corrected chi connectivity index (χ0v) is 9.87. The van der Waals surface area contributed by atoms with E-state index < -0.39 is 4.92 Å². The standard InChI is InChI=1S/C11H8ClN3O3/c12-9-1-2-10(15(17)18)8(5-9)6-14-7-13-4-3-11(14)16/h1-5,7H,6H2. The SMILES string of the molecule is O=c1ccncn1Cc1cc(Cl)ccc1[N+](=O)[O-]. The number of aromatic nitrogens is 2. The number of hydrogen-bond donors (Lipinski definition) is 0. The van der Waals surface area contributed by atoms with Crippen LogP contribution in [0.5, 0.6) is 0 Å². The van der Waals surface area contributed by atoms with Crippen molar-refractivity contribution in [3.05, 3.63) is 67.8 Å². The first-order chi connectivity index (χ1) is 8.58. The highest BCUT2D eigenvalue weighted by atomic mass is 35.5. The average molecular weight is 266 g/mol.